The summed E-state index contributed by atoms with van der Waals surface area (Å²) in [5.74, 6) is -0.844. The molecule has 0 saturated carbocycles. The summed E-state index contributed by atoms with van der Waals surface area (Å²) in [7, 11) is 0. The number of halogens is 6. The van der Waals surface area contributed by atoms with Crippen LogP contribution in [0.3, 0.4) is 0 Å². The molecule has 3 aromatic rings. The minimum atomic E-state index is -4.71. The summed E-state index contributed by atoms with van der Waals surface area (Å²) in [4.78, 5) is 5.45. The number of rotatable bonds is 3. The molecule has 0 amide bonds. The van der Waals surface area contributed by atoms with Crippen molar-refractivity contribution in [2.45, 2.75) is 38.7 Å². The average molecular weight is 446 g/mol. The van der Waals surface area contributed by atoms with Gasteiger partial charge in [0.05, 0.1) is 12.1 Å². The first-order valence-electron chi connectivity index (χ1n) is 9.20. The Morgan fingerprint density at radius 2 is 1.74 bits per heavy atom. The van der Waals surface area contributed by atoms with Gasteiger partial charge in [-0.15, -0.1) is 15.3 Å². The Hall–Kier alpha value is -3.12. The van der Waals surface area contributed by atoms with Gasteiger partial charge < -0.3 is 9.64 Å². The van der Waals surface area contributed by atoms with E-state index in [-0.39, 0.29) is 18.1 Å². The molecule has 4 heterocycles. The van der Waals surface area contributed by atoms with Crippen LogP contribution in [-0.4, -0.2) is 44.0 Å². The number of nitrogens with zero attached hydrogens (tertiary/aromatic N) is 6. The summed E-state index contributed by atoms with van der Waals surface area (Å²) in [5.41, 5.74) is 0.309. The predicted octanol–water partition coefficient (Wildman–Crippen LogP) is 3.83. The van der Waals surface area contributed by atoms with Gasteiger partial charge in [-0.1, -0.05) is 0 Å². The summed E-state index contributed by atoms with van der Waals surface area (Å²) in [5, 5.41) is 11.0. The van der Waals surface area contributed by atoms with E-state index < -0.39 is 29.8 Å². The second kappa shape index (κ2) is 7.24. The highest BCUT2D eigenvalue weighted by atomic mass is 19.4. The van der Waals surface area contributed by atoms with Gasteiger partial charge >= 0.3 is 12.4 Å². The van der Waals surface area contributed by atoms with E-state index in [0.29, 0.717) is 40.6 Å². The molecule has 13 heteroatoms. The summed E-state index contributed by atoms with van der Waals surface area (Å²) in [6.07, 6.45) is -8.43. The number of hydrogen-bond donors (Lipinski definition) is 0. The zero-order valence-electron chi connectivity index (χ0n) is 16.3. The lowest BCUT2D eigenvalue weighted by atomic mass is 10.2. The van der Waals surface area contributed by atoms with Gasteiger partial charge in [0.2, 0.25) is 5.88 Å². The molecule has 0 spiro atoms. The lowest BCUT2D eigenvalue weighted by molar-refractivity contribution is -0.146. The SMILES string of the molecule is Cc1c(N2CCC(Oc3ccc(C(F)(F)F)cn3)C2)nn2c(C(F)(F)F)nnc2c1C. The molecule has 1 fully saturated rings. The van der Waals surface area contributed by atoms with Crippen LogP contribution in [0.15, 0.2) is 18.3 Å². The number of pyridine rings is 1. The first-order chi connectivity index (χ1) is 14.4. The normalized spacial score (nSPS) is 17.5. The monoisotopic (exact) mass is 446 g/mol. The largest absolute Gasteiger partial charge is 0.472 e. The Labute approximate surface area is 171 Å². The van der Waals surface area contributed by atoms with Crippen LogP contribution in [0.4, 0.5) is 32.2 Å². The first-order valence-corrected chi connectivity index (χ1v) is 9.20. The molecule has 0 aliphatic carbocycles. The van der Waals surface area contributed by atoms with Crippen LogP contribution in [0, 0.1) is 13.8 Å². The van der Waals surface area contributed by atoms with Gasteiger partial charge in [0.1, 0.15) is 6.10 Å². The fourth-order valence-electron chi connectivity index (χ4n) is 3.40. The summed E-state index contributed by atoms with van der Waals surface area (Å²) >= 11 is 0. The number of fused-ring (bicyclic) bond motifs is 1. The van der Waals surface area contributed by atoms with E-state index in [0.717, 1.165) is 12.1 Å². The molecule has 1 saturated heterocycles. The number of aryl methyl sites for hydroxylation is 1. The molecule has 0 aromatic carbocycles. The van der Waals surface area contributed by atoms with Gasteiger partial charge in [-0.25, -0.2) is 4.98 Å². The summed E-state index contributed by atoms with van der Waals surface area (Å²) in [6, 6.07) is 2.01. The highest BCUT2D eigenvalue weighted by Gasteiger charge is 2.39. The minimum absolute atomic E-state index is 0.0227. The lowest BCUT2D eigenvalue weighted by Gasteiger charge is -2.21. The molecular weight excluding hydrogens is 430 g/mol. The van der Waals surface area contributed by atoms with E-state index in [1.807, 2.05) is 0 Å². The highest BCUT2D eigenvalue weighted by Crippen LogP contribution is 2.32. The minimum Gasteiger partial charge on any atom is -0.472 e. The zero-order valence-corrected chi connectivity index (χ0v) is 16.3. The van der Waals surface area contributed by atoms with Crippen LogP contribution in [0.1, 0.15) is 28.9 Å². The fraction of sp³-hybridized carbons (Fsp3) is 0.444. The van der Waals surface area contributed by atoms with Crippen LogP contribution in [-0.2, 0) is 12.4 Å². The van der Waals surface area contributed by atoms with Gasteiger partial charge in [-0.05, 0) is 19.9 Å². The van der Waals surface area contributed by atoms with Crippen molar-refractivity contribution in [2.75, 3.05) is 18.0 Å². The van der Waals surface area contributed by atoms with Gasteiger partial charge in [0, 0.05) is 36.4 Å². The van der Waals surface area contributed by atoms with Gasteiger partial charge in [0.15, 0.2) is 11.5 Å². The van der Waals surface area contributed by atoms with Crippen molar-refractivity contribution in [3.8, 4) is 5.88 Å². The lowest BCUT2D eigenvalue weighted by Crippen LogP contribution is -2.27. The third kappa shape index (κ3) is 3.95. The Kier molecular flexibility index (Phi) is 4.93. The van der Waals surface area contributed by atoms with Crippen LogP contribution < -0.4 is 9.64 Å². The molecule has 4 rings (SSSR count). The van der Waals surface area contributed by atoms with Crippen molar-refractivity contribution in [1.29, 1.82) is 0 Å². The molecule has 166 valence electrons. The molecule has 0 radical (unpaired) electrons. The smallest absolute Gasteiger partial charge is 0.453 e. The molecule has 3 aromatic heterocycles. The van der Waals surface area contributed by atoms with E-state index in [1.54, 1.807) is 18.7 Å². The first kappa shape index (κ1) is 21.1. The number of ether oxygens (including phenoxy) is 1. The van der Waals surface area contributed by atoms with E-state index >= 15 is 0 Å². The molecule has 1 aliphatic rings. The molecule has 1 aliphatic heterocycles. The fourth-order valence-corrected chi connectivity index (χ4v) is 3.40. The number of aromatic nitrogens is 5. The molecule has 31 heavy (non-hydrogen) atoms. The van der Waals surface area contributed by atoms with Crippen LogP contribution in [0.5, 0.6) is 5.88 Å². The Morgan fingerprint density at radius 1 is 1.00 bits per heavy atom. The topological polar surface area (TPSA) is 68.4 Å². The van der Waals surface area contributed by atoms with Crippen molar-refractivity contribution in [3.63, 3.8) is 0 Å². The number of hydrogen-bond acceptors (Lipinski definition) is 6. The van der Waals surface area contributed by atoms with E-state index in [2.05, 4.69) is 20.3 Å². The van der Waals surface area contributed by atoms with Gasteiger partial charge in [0.25, 0.3) is 5.82 Å². The maximum Gasteiger partial charge on any atom is 0.453 e. The van der Waals surface area contributed by atoms with E-state index in [1.165, 1.54) is 0 Å². The zero-order chi connectivity index (χ0) is 22.6. The Balaban J connectivity index is 1.55. The van der Waals surface area contributed by atoms with Crippen molar-refractivity contribution >= 4 is 11.5 Å². The van der Waals surface area contributed by atoms with Crippen LogP contribution in [0.25, 0.3) is 5.65 Å². The van der Waals surface area contributed by atoms with Gasteiger partial charge in [-0.2, -0.15) is 30.9 Å². The predicted molar refractivity (Wildman–Crippen MR) is 95.7 cm³/mol. The highest BCUT2D eigenvalue weighted by molar-refractivity contribution is 5.59. The second-order valence-corrected chi connectivity index (χ2v) is 7.19. The van der Waals surface area contributed by atoms with Crippen molar-refractivity contribution < 1.29 is 31.1 Å². The van der Waals surface area contributed by atoms with Gasteiger partial charge in [-0.3, -0.25) is 0 Å². The second-order valence-electron chi connectivity index (χ2n) is 7.19. The molecule has 1 atom stereocenters. The average Bonchev–Trinajstić information content (AvgIpc) is 3.31. The van der Waals surface area contributed by atoms with Crippen molar-refractivity contribution in [2.24, 2.45) is 0 Å². The van der Waals surface area contributed by atoms with Crippen molar-refractivity contribution in [3.05, 3.63) is 40.8 Å². The number of alkyl halides is 6. The third-order valence-electron chi connectivity index (χ3n) is 5.12. The Morgan fingerprint density at radius 3 is 2.35 bits per heavy atom. The maximum absolute atomic E-state index is 13.2. The summed E-state index contributed by atoms with van der Waals surface area (Å²) < 4.78 is 84.0. The molecular formula is C18H16F6N6O. The van der Waals surface area contributed by atoms with Crippen LogP contribution >= 0.6 is 0 Å². The standard InChI is InChI=1S/C18H16F6N6O/c1-9-10(2)15(28-30-14(9)26-27-16(30)18(22,23)24)29-6-5-12(8-29)31-13-4-3-11(7-25-13)17(19,20)21/h3-4,7,12H,5-6,8H2,1-2H3. The maximum atomic E-state index is 13.2. The summed E-state index contributed by atoms with van der Waals surface area (Å²) in [6.45, 7) is 4.09. The third-order valence-corrected chi connectivity index (χ3v) is 5.12. The van der Waals surface area contributed by atoms with E-state index in [4.69, 9.17) is 4.74 Å². The molecule has 1 unspecified atom stereocenters. The van der Waals surface area contributed by atoms with E-state index in [9.17, 15) is 26.3 Å². The molecule has 0 bridgehead atoms. The van der Waals surface area contributed by atoms with Crippen LogP contribution in [0.2, 0.25) is 0 Å². The molecule has 7 nitrogen and oxygen atoms in total. The Bertz CT molecular complexity index is 1110. The molecule has 0 N–H and O–H groups in total. The number of anilines is 1. The quantitative estimate of drug-likeness (QED) is 0.570. The van der Waals surface area contributed by atoms with Crippen molar-refractivity contribution in [1.82, 2.24) is 24.8 Å².